The Morgan fingerprint density at radius 3 is 2.67 bits per heavy atom. The first-order valence-electron chi connectivity index (χ1n) is 5.83. The molecule has 1 atom stereocenters. The highest BCUT2D eigenvalue weighted by Crippen LogP contribution is 2.40. The standard InChI is InChI=1S/C11H19N3O/c1-3-7-11(4-2)9(12)13-10(15)14(11)8-5-6-8/h8H,3-7H2,1-2H3,(H2,12,13,15). The van der Waals surface area contributed by atoms with Crippen LogP contribution >= 0.6 is 0 Å². The highest BCUT2D eigenvalue weighted by atomic mass is 16.2. The van der Waals surface area contributed by atoms with Crippen LogP contribution in [-0.4, -0.2) is 28.3 Å². The van der Waals surface area contributed by atoms with Crippen LogP contribution in [0, 0.1) is 0 Å². The molecule has 1 unspecified atom stereocenters. The molecule has 0 spiro atoms. The Bertz CT molecular complexity index is 309. The lowest BCUT2D eigenvalue weighted by molar-refractivity contribution is 0.155. The lowest BCUT2D eigenvalue weighted by Crippen LogP contribution is -2.54. The monoisotopic (exact) mass is 209 g/mol. The van der Waals surface area contributed by atoms with Crippen LogP contribution in [0.25, 0.3) is 0 Å². The number of hydrogen-bond acceptors (Lipinski definition) is 2. The molecule has 1 aliphatic heterocycles. The molecule has 2 amide bonds. The number of nitrogens with zero attached hydrogens (tertiary/aromatic N) is 2. The van der Waals surface area contributed by atoms with E-state index in [4.69, 9.17) is 5.73 Å². The van der Waals surface area contributed by atoms with E-state index in [1.807, 2.05) is 4.90 Å². The van der Waals surface area contributed by atoms with Crippen LogP contribution in [-0.2, 0) is 0 Å². The fraction of sp³-hybridized carbons (Fsp3) is 0.818. The van der Waals surface area contributed by atoms with Crippen molar-refractivity contribution in [3.63, 3.8) is 0 Å². The SMILES string of the molecule is CCCC1(CC)C(N)=NC(=O)N1C1CC1. The van der Waals surface area contributed by atoms with Gasteiger partial charge in [-0.2, -0.15) is 4.99 Å². The number of rotatable bonds is 4. The molecule has 1 heterocycles. The molecular weight excluding hydrogens is 190 g/mol. The molecule has 2 N–H and O–H groups in total. The lowest BCUT2D eigenvalue weighted by atomic mass is 9.88. The maximum Gasteiger partial charge on any atom is 0.346 e. The van der Waals surface area contributed by atoms with Gasteiger partial charge in [0.2, 0.25) is 0 Å². The number of hydrogen-bond donors (Lipinski definition) is 1. The van der Waals surface area contributed by atoms with Crippen molar-refractivity contribution in [1.82, 2.24) is 4.90 Å². The van der Waals surface area contributed by atoms with E-state index in [0.29, 0.717) is 11.9 Å². The zero-order valence-corrected chi connectivity index (χ0v) is 9.49. The molecule has 1 aliphatic carbocycles. The molecule has 4 heteroatoms. The Morgan fingerprint density at radius 2 is 2.20 bits per heavy atom. The van der Waals surface area contributed by atoms with Gasteiger partial charge in [-0.25, -0.2) is 4.79 Å². The summed E-state index contributed by atoms with van der Waals surface area (Å²) < 4.78 is 0. The summed E-state index contributed by atoms with van der Waals surface area (Å²) in [5.74, 6) is 0.531. The van der Waals surface area contributed by atoms with Gasteiger partial charge in [0.25, 0.3) is 0 Å². The van der Waals surface area contributed by atoms with E-state index in [0.717, 1.165) is 32.1 Å². The van der Waals surface area contributed by atoms with Gasteiger partial charge in [0.05, 0.1) is 0 Å². The van der Waals surface area contributed by atoms with Crippen molar-refractivity contribution >= 4 is 11.9 Å². The summed E-state index contributed by atoms with van der Waals surface area (Å²) in [5, 5.41) is 0. The van der Waals surface area contributed by atoms with E-state index < -0.39 is 0 Å². The molecule has 0 aromatic rings. The predicted octanol–water partition coefficient (Wildman–Crippen LogP) is 1.89. The molecule has 1 fully saturated rings. The van der Waals surface area contributed by atoms with E-state index in [9.17, 15) is 4.79 Å². The summed E-state index contributed by atoms with van der Waals surface area (Å²) >= 11 is 0. The summed E-state index contributed by atoms with van der Waals surface area (Å²) in [6, 6.07) is 0.277. The summed E-state index contributed by atoms with van der Waals surface area (Å²) in [6.07, 6.45) is 5.06. The smallest absolute Gasteiger partial charge is 0.346 e. The third kappa shape index (κ3) is 1.43. The van der Waals surface area contributed by atoms with Gasteiger partial charge in [-0.05, 0) is 25.7 Å². The predicted molar refractivity (Wildman–Crippen MR) is 59.8 cm³/mol. The second kappa shape index (κ2) is 3.51. The molecule has 0 saturated heterocycles. The maximum atomic E-state index is 11.8. The molecule has 0 aromatic carbocycles. The largest absolute Gasteiger partial charge is 0.385 e. The normalized spacial score (nSPS) is 30.9. The van der Waals surface area contributed by atoms with Gasteiger partial charge >= 0.3 is 6.03 Å². The quantitative estimate of drug-likeness (QED) is 0.768. The Hall–Kier alpha value is -1.06. The average molecular weight is 209 g/mol. The van der Waals surface area contributed by atoms with E-state index in [1.165, 1.54) is 0 Å². The van der Waals surface area contributed by atoms with Crippen molar-refractivity contribution in [3.05, 3.63) is 0 Å². The van der Waals surface area contributed by atoms with Gasteiger partial charge in [0, 0.05) is 6.04 Å². The summed E-state index contributed by atoms with van der Waals surface area (Å²) in [4.78, 5) is 17.7. The highest BCUT2D eigenvalue weighted by Gasteiger charge is 2.51. The van der Waals surface area contributed by atoms with Crippen LogP contribution in [0.3, 0.4) is 0 Å². The number of amides is 2. The zero-order chi connectivity index (χ0) is 11.1. The summed E-state index contributed by atoms with van der Waals surface area (Å²) in [7, 11) is 0. The van der Waals surface area contributed by atoms with Crippen LogP contribution in [0.2, 0.25) is 0 Å². The first-order chi connectivity index (χ1) is 7.15. The molecule has 4 nitrogen and oxygen atoms in total. The van der Waals surface area contributed by atoms with Gasteiger partial charge < -0.3 is 10.6 Å². The maximum absolute atomic E-state index is 11.8. The molecular formula is C11H19N3O. The molecule has 84 valence electrons. The van der Waals surface area contributed by atoms with E-state index in [1.54, 1.807) is 0 Å². The van der Waals surface area contributed by atoms with Crippen LogP contribution in [0.5, 0.6) is 0 Å². The van der Waals surface area contributed by atoms with Crippen molar-refractivity contribution in [1.29, 1.82) is 0 Å². The first-order valence-corrected chi connectivity index (χ1v) is 5.83. The van der Waals surface area contributed by atoms with Gasteiger partial charge in [0.15, 0.2) is 0 Å². The number of amidine groups is 1. The van der Waals surface area contributed by atoms with Crippen LogP contribution in [0.15, 0.2) is 4.99 Å². The molecule has 2 rings (SSSR count). The Morgan fingerprint density at radius 1 is 1.53 bits per heavy atom. The minimum atomic E-state index is -0.271. The van der Waals surface area contributed by atoms with Crippen LogP contribution in [0.1, 0.15) is 46.0 Å². The Labute approximate surface area is 90.5 Å². The molecule has 0 aromatic heterocycles. The van der Waals surface area contributed by atoms with E-state index in [-0.39, 0.29) is 11.6 Å². The minimum absolute atomic E-state index is 0.120. The third-order valence-corrected chi connectivity index (χ3v) is 3.52. The van der Waals surface area contributed by atoms with Crippen molar-refractivity contribution in [2.45, 2.75) is 57.5 Å². The van der Waals surface area contributed by atoms with Crippen LogP contribution in [0.4, 0.5) is 4.79 Å². The number of urea groups is 1. The molecule has 1 saturated carbocycles. The number of carbonyl (C=O) groups is 1. The van der Waals surface area contributed by atoms with Crippen LogP contribution < -0.4 is 5.73 Å². The molecule has 15 heavy (non-hydrogen) atoms. The van der Waals surface area contributed by atoms with E-state index >= 15 is 0 Å². The molecule has 0 radical (unpaired) electrons. The number of aliphatic imine (C=N–C) groups is 1. The van der Waals surface area contributed by atoms with Gasteiger partial charge in [-0.15, -0.1) is 0 Å². The second-order valence-electron chi connectivity index (χ2n) is 4.52. The van der Waals surface area contributed by atoms with Crippen molar-refractivity contribution < 1.29 is 4.79 Å². The number of nitrogens with two attached hydrogens (primary N) is 1. The second-order valence-corrected chi connectivity index (χ2v) is 4.52. The van der Waals surface area contributed by atoms with Crippen molar-refractivity contribution in [2.75, 3.05) is 0 Å². The topological polar surface area (TPSA) is 58.7 Å². The fourth-order valence-corrected chi connectivity index (χ4v) is 2.60. The highest BCUT2D eigenvalue weighted by molar-refractivity contribution is 6.06. The van der Waals surface area contributed by atoms with Crippen molar-refractivity contribution in [3.8, 4) is 0 Å². The van der Waals surface area contributed by atoms with Gasteiger partial charge in [0.1, 0.15) is 11.4 Å². The lowest BCUT2D eigenvalue weighted by Gasteiger charge is -2.37. The summed E-state index contributed by atoms with van der Waals surface area (Å²) in [6.45, 7) is 4.21. The van der Waals surface area contributed by atoms with E-state index in [2.05, 4.69) is 18.8 Å². The van der Waals surface area contributed by atoms with Crippen molar-refractivity contribution in [2.24, 2.45) is 10.7 Å². The Balaban J connectivity index is 2.31. The molecule has 2 aliphatic rings. The van der Waals surface area contributed by atoms with Gasteiger partial charge in [-0.3, -0.25) is 0 Å². The third-order valence-electron chi connectivity index (χ3n) is 3.52. The Kier molecular flexibility index (Phi) is 2.44. The minimum Gasteiger partial charge on any atom is -0.385 e. The fourth-order valence-electron chi connectivity index (χ4n) is 2.60. The summed E-state index contributed by atoms with van der Waals surface area (Å²) in [5.41, 5.74) is 5.67. The van der Waals surface area contributed by atoms with Gasteiger partial charge in [-0.1, -0.05) is 20.3 Å². The average Bonchev–Trinajstić information content (AvgIpc) is 2.97. The zero-order valence-electron chi connectivity index (χ0n) is 9.49. The first kappa shape index (κ1) is 10.5. The number of carbonyl (C=O) groups excluding carboxylic acids is 1. The molecule has 0 bridgehead atoms.